The van der Waals surface area contributed by atoms with Crippen molar-refractivity contribution in [1.29, 1.82) is 0 Å². The number of fused-ring (bicyclic) bond motifs is 1. The first kappa shape index (κ1) is 16.4. The molecule has 22 heavy (non-hydrogen) atoms. The lowest BCUT2D eigenvalue weighted by Gasteiger charge is -2.18. The van der Waals surface area contributed by atoms with Crippen molar-refractivity contribution in [2.24, 2.45) is 5.41 Å². The number of H-pyrrole nitrogens is 1. The molecule has 1 N–H and O–H groups in total. The molecule has 0 radical (unpaired) electrons. The van der Waals surface area contributed by atoms with Crippen molar-refractivity contribution >= 4 is 38.6 Å². The molecular weight excluding hydrogens is 350 g/mol. The summed E-state index contributed by atoms with van der Waals surface area (Å²) >= 11 is 3.30. The Morgan fingerprint density at radius 1 is 1.23 bits per heavy atom. The molecule has 1 aromatic heterocycles. The molecule has 0 aliphatic heterocycles. The van der Waals surface area contributed by atoms with Crippen molar-refractivity contribution in [2.45, 2.75) is 20.8 Å². The standard InChI is InChI=1S/C16H16BrNO4/c1-16(2,3)14(20)11-12(15(21)22-4)18-10-6-5-8(17)7-9(10)13(11)19/h5-7H,1-4H3,(H,18,19). The zero-order valence-corrected chi connectivity index (χ0v) is 14.3. The van der Waals surface area contributed by atoms with Gasteiger partial charge in [0, 0.05) is 15.3 Å². The van der Waals surface area contributed by atoms with Gasteiger partial charge in [0.05, 0.1) is 18.2 Å². The Kier molecular flexibility index (Phi) is 4.24. The summed E-state index contributed by atoms with van der Waals surface area (Å²) in [6, 6.07) is 5.03. The Bertz CT molecular complexity index is 830. The van der Waals surface area contributed by atoms with Gasteiger partial charge in [-0.15, -0.1) is 0 Å². The molecule has 2 rings (SSSR count). The number of rotatable bonds is 2. The van der Waals surface area contributed by atoms with Crippen LogP contribution in [0.25, 0.3) is 10.9 Å². The molecule has 0 amide bonds. The van der Waals surface area contributed by atoms with E-state index in [0.717, 1.165) is 0 Å². The lowest BCUT2D eigenvalue weighted by molar-refractivity contribution is 0.0588. The molecule has 6 heteroatoms. The molecule has 0 aliphatic carbocycles. The Balaban J connectivity index is 2.92. The molecule has 0 saturated carbocycles. The largest absolute Gasteiger partial charge is 0.464 e. The molecule has 0 saturated heterocycles. The summed E-state index contributed by atoms with van der Waals surface area (Å²) in [6.45, 7) is 5.09. The molecule has 0 aliphatic rings. The molecule has 0 fully saturated rings. The highest BCUT2D eigenvalue weighted by atomic mass is 79.9. The number of esters is 1. The van der Waals surface area contributed by atoms with Crippen molar-refractivity contribution in [3.63, 3.8) is 0 Å². The Labute approximate surface area is 135 Å². The van der Waals surface area contributed by atoms with E-state index in [9.17, 15) is 14.4 Å². The summed E-state index contributed by atoms with van der Waals surface area (Å²) < 4.78 is 5.41. The number of Topliss-reactive ketones (excluding diaryl/α,β-unsaturated/α-hetero) is 1. The number of carbonyl (C=O) groups excluding carboxylic acids is 2. The van der Waals surface area contributed by atoms with Crippen molar-refractivity contribution in [1.82, 2.24) is 4.98 Å². The molecule has 0 atom stereocenters. The number of carbonyl (C=O) groups is 2. The van der Waals surface area contributed by atoms with Gasteiger partial charge in [0.1, 0.15) is 5.69 Å². The number of halogens is 1. The van der Waals surface area contributed by atoms with E-state index in [2.05, 4.69) is 20.9 Å². The number of benzene rings is 1. The summed E-state index contributed by atoms with van der Waals surface area (Å²) in [4.78, 5) is 40.2. The first-order chi connectivity index (χ1) is 10.2. The monoisotopic (exact) mass is 365 g/mol. The Hall–Kier alpha value is -1.95. The second kappa shape index (κ2) is 5.68. The number of pyridine rings is 1. The zero-order chi connectivity index (χ0) is 16.7. The van der Waals surface area contributed by atoms with Gasteiger partial charge < -0.3 is 9.72 Å². The summed E-state index contributed by atoms with van der Waals surface area (Å²) in [6.07, 6.45) is 0. The highest BCUT2D eigenvalue weighted by Crippen LogP contribution is 2.24. The minimum atomic E-state index is -0.796. The third-order valence-corrected chi connectivity index (χ3v) is 3.75. The third-order valence-electron chi connectivity index (χ3n) is 3.26. The topological polar surface area (TPSA) is 76.2 Å². The van der Waals surface area contributed by atoms with Crippen LogP contribution in [0.2, 0.25) is 0 Å². The van der Waals surface area contributed by atoms with Crippen molar-refractivity contribution in [3.8, 4) is 0 Å². The van der Waals surface area contributed by atoms with E-state index >= 15 is 0 Å². The van der Waals surface area contributed by atoms with Crippen LogP contribution in [0.1, 0.15) is 41.6 Å². The highest BCUT2D eigenvalue weighted by Gasteiger charge is 2.31. The summed E-state index contributed by atoms with van der Waals surface area (Å²) in [7, 11) is 1.21. The van der Waals surface area contributed by atoms with E-state index in [-0.39, 0.29) is 11.3 Å². The van der Waals surface area contributed by atoms with Gasteiger partial charge in [-0.2, -0.15) is 0 Å². The number of aromatic amines is 1. The highest BCUT2D eigenvalue weighted by molar-refractivity contribution is 9.10. The molecule has 5 nitrogen and oxygen atoms in total. The number of ether oxygens (including phenoxy) is 1. The summed E-state index contributed by atoms with van der Waals surface area (Å²) in [5.74, 6) is -1.15. The number of methoxy groups -OCH3 is 1. The van der Waals surface area contributed by atoms with Gasteiger partial charge in [0.2, 0.25) is 5.43 Å². The van der Waals surface area contributed by atoms with Crippen molar-refractivity contribution < 1.29 is 14.3 Å². The molecule has 0 unspecified atom stereocenters. The number of aromatic nitrogens is 1. The summed E-state index contributed by atoms with van der Waals surface area (Å²) in [5, 5.41) is 0.342. The van der Waals surface area contributed by atoms with E-state index in [0.29, 0.717) is 15.4 Å². The van der Waals surface area contributed by atoms with E-state index in [1.807, 2.05) is 0 Å². The lowest BCUT2D eigenvalue weighted by atomic mass is 9.85. The number of ketones is 1. The van der Waals surface area contributed by atoms with Gasteiger partial charge >= 0.3 is 5.97 Å². The SMILES string of the molecule is COC(=O)c1[nH]c2ccc(Br)cc2c(=O)c1C(=O)C(C)(C)C. The van der Waals surface area contributed by atoms with E-state index < -0.39 is 22.6 Å². The van der Waals surface area contributed by atoms with Crippen LogP contribution in [0.4, 0.5) is 0 Å². The smallest absolute Gasteiger partial charge is 0.355 e. The van der Waals surface area contributed by atoms with Crippen LogP contribution < -0.4 is 5.43 Å². The maximum absolute atomic E-state index is 12.7. The average molecular weight is 366 g/mol. The van der Waals surface area contributed by atoms with E-state index in [1.165, 1.54) is 7.11 Å². The fourth-order valence-corrected chi connectivity index (χ4v) is 2.47. The molecule has 116 valence electrons. The van der Waals surface area contributed by atoms with Gasteiger partial charge in [-0.1, -0.05) is 36.7 Å². The molecule has 1 heterocycles. The van der Waals surface area contributed by atoms with Gasteiger partial charge in [0.15, 0.2) is 5.78 Å². The molecule has 0 spiro atoms. The minimum Gasteiger partial charge on any atom is -0.464 e. The molecule has 1 aromatic carbocycles. The fourth-order valence-electron chi connectivity index (χ4n) is 2.11. The fraction of sp³-hybridized carbons (Fsp3) is 0.312. The normalized spacial score (nSPS) is 11.5. The third kappa shape index (κ3) is 2.83. The van der Waals surface area contributed by atoms with Crippen LogP contribution in [0, 0.1) is 5.41 Å². The first-order valence-corrected chi connectivity index (χ1v) is 7.44. The maximum atomic E-state index is 12.7. The molecule has 2 aromatic rings. The van der Waals surface area contributed by atoms with Gasteiger partial charge in [-0.25, -0.2) is 4.79 Å². The number of hydrogen-bond acceptors (Lipinski definition) is 4. The maximum Gasteiger partial charge on any atom is 0.355 e. The van der Waals surface area contributed by atoms with Crippen LogP contribution in [0.3, 0.4) is 0 Å². The van der Waals surface area contributed by atoms with Crippen LogP contribution in [0.5, 0.6) is 0 Å². The zero-order valence-electron chi connectivity index (χ0n) is 12.7. The second-order valence-corrected chi connectivity index (χ2v) is 6.88. The molecule has 0 bridgehead atoms. The molecular formula is C16H16BrNO4. The van der Waals surface area contributed by atoms with E-state index in [1.54, 1.807) is 39.0 Å². The predicted octanol–water partition coefficient (Wildman–Crippen LogP) is 3.31. The van der Waals surface area contributed by atoms with E-state index in [4.69, 9.17) is 4.74 Å². The van der Waals surface area contributed by atoms with Crippen LogP contribution in [-0.4, -0.2) is 23.8 Å². The van der Waals surface area contributed by atoms with Gasteiger partial charge in [-0.3, -0.25) is 9.59 Å². The first-order valence-electron chi connectivity index (χ1n) is 6.65. The van der Waals surface area contributed by atoms with Crippen molar-refractivity contribution in [2.75, 3.05) is 7.11 Å². The van der Waals surface area contributed by atoms with Crippen LogP contribution >= 0.6 is 15.9 Å². The summed E-state index contributed by atoms with van der Waals surface area (Å²) in [5.41, 5.74) is -1.07. The van der Waals surface area contributed by atoms with Crippen molar-refractivity contribution in [3.05, 3.63) is 44.2 Å². The van der Waals surface area contributed by atoms with Gasteiger partial charge in [-0.05, 0) is 18.2 Å². The Morgan fingerprint density at radius 3 is 2.41 bits per heavy atom. The average Bonchev–Trinajstić information content (AvgIpc) is 2.45. The quantitative estimate of drug-likeness (QED) is 0.654. The van der Waals surface area contributed by atoms with Crippen LogP contribution in [0.15, 0.2) is 27.5 Å². The second-order valence-electron chi connectivity index (χ2n) is 5.96. The predicted molar refractivity (Wildman–Crippen MR) is 87.4 cm³/mol. The Morgan fingerprint density at radius 2 is 1.86 bits per heavy atom. The van der Waals surface area contributed by atoms with Gasteiger partial charge in [0.25, 0.3) is 0 Å². The minimum absolute atomic E-state index is 0.109. The number of hydrogen-bond donors (Lipinski definition) is 1. The lowest BCUT2D eigenvalue weighted by Crippen LogP contribution is -2.30. The number of nitrogens with one attached hydrogen (secondary N) is 1. The van der Waals surface area contributed by atoms with Crippen LogP contribution in [-0.2, 0) is 4.74 Å².